The molecular weight excluding hydrogens is 128 g/mol. The summed E-state index contributed by atoms with van der Waals surface area (Å²) in [5.74, 6) is 0. The predicted octanol–water partition coefficient (Wildman–Crippen LogP) is 3.57. The van der Waals surface area contributed by atoms with E-state index in [-0.39, 0.29) is 0 Å². The van der Waals surface area contributed by atoms with Crippen molar-refractivity contribution in [2.45, 2.75) is 27.7 Å². The average Bonchev–Trinajstić information content (AvgIpc) is 1.63. The van der Waals surface area contributed by atoms with Gasteiger partial charge in [-0.05, 0) is 37.5 Å². The van der Waals surface area contributed by atoms with Crippen molar-refractivity contribution in [3.63, 3.8) is 0 Å². The van der Waals surface area contributed by atoms with Gasteiger partial charge in [-0.3, -0.25) is 0 Å². The van der Waals surface area contributed by atoms with Gasteiger partial charge in [0.05, 0.1) is 0 Å². The number of hydrogen-bond acceptors (Lipinski definition) is 1. The van der Waals surface area contributed by atoms with Crippen LogP contribution >= 0.6 is 11.8 Å². The highest BCUT2D eigenvalue weighted by molar-refractivity contribution is 8.06. The van der Waals surface area contributed by atoms with E-state index in [4.69, 9.17) is 0 Å². The van der Waals surface area contributed by atoms with Crippen LogP contribution in [0.3, 0.4) is 0 Å². The van der Waals surface area contributed by atoms with Gasteiger partial charge in [-0.25, -0.2) is 0 Å². The Bertz CT molecular complexity index is 139. The molecule has 0 amide bonds. The first-order valence-electron chi connectivity index (χ1n) is 3.01. The Hall–Kier alpha value is -0.170. The quantitative estimate of drug-likeness (QED) is 0.568. The summed E-state index contributed by atoms with van der Waals surface area (Å²) < 4.78 is 0. The molecule has 1 heteroatoms. The number of thioether (sulfide) groups is 1. The predicted molar refractivity (Wildman–Crippen MR) is 46.5 cm³/mol. The maximum atomic E-state index is 3.81. The standard InChI is InChI=1S/C8H14S/c1-6(2)8(5)9-7(3)4/h3H2,1-2,4-5H3. The van der Waals surface area contributed by atoms with E-state index in [1.165, 1.54) is 10.5 Å². The second-order valence-electron chi connectivity index (χ2n) is 2.36. The second kappa shape index (κ2) is 3.78. The number of hydrogen-bond donors (Lipinski definition) is 0. The van der Waals surface area contributed by atoms with E-state index in [0.717, 1.165) is 4.91 Å². The third-order valence-electron chi connectivity index (χ3n) is 1.03. The molecule has 0 rings (SSSR count). The zero-order valence-electron chi connectivity index (χ0n) is 6.62. The molecule has 0 heterocycles. The average molecular weight is 142 g/mol. The van der Waals surface area contributed by atoms with Crippen molar-refractivity contribution in [3.05, 3.63) is 22.0 Å². The first kappa shape index (κ1) is 8.83. The summed E-state index contributed by atoms with van der Waals surface area (Å²) >= 11 is 1.75. The topological polar surface area (TPSA) is 0 Å². The molecule has 0 aliphatic heterocycles. The van der Waals surface area contributed by atoms with Gasteiger partial charge in [-0.2, -0.15) is 0 Å². The van der Waals surface area contributed by atoms with Gasteiger partial charge >= 0.3 is 0 Å². The van der Waals surface area contributed by atoms with Crippen LogP contribution in [0.5, 0.6) is 0 Å². The third-order valence-corrected chi connectivity index (χ3v) is 2.09. The third kappa shape index (κ3) is 4.34. The summed E-state index contributed by atoms with van der Waals surface area (Å²) in [4.78, 5) is 2.52. The van der Waals surface area contributed by atoms with Crippen LogP contribution in [0.15, 0.2) is 22.0 Å². The van der Waals surface area contributed by atoms with Crippen molar-refractivity contribution < 1.29 is 0 Å². The lowest BCUT2D eigenvalue weighted by Gasteiger charge is -2.00. The molecule has 0 saturated carbocycles. The molecule has 0 aromatic rings. The molecule has 0 aromatic heterocycles. The Balaban J connectivity index is 3.92. The Kier molecular flexibility index (Phi) is 3.71. The molecule has 0 spiro atoms. The number of allylic oxidation sites excluding steroid dienone is 3. The van der Waals surface area contributed by atoms with Crippen molar-refractivity contribution in [2.75, 3.05) is 0 Å². The normalized spacial score (nSPS) is 8.89. The van der Waals surface area contributed by atoms with Gasteiger partial charge in [-0.1, -0.05) is 12.2 Å². The SMILES string of the molecule is C=C(C)SC(C)=C(C)C. The molecular formula is C8H14S. The van der Waals surface area contributed by atoms with Crippen LogP contribution in [0.4, 0.5) is 0 Å². The van der Waals surface area contributed by atoms with Crippen molar-refractivity contribution >= 4 is 11.8 Å². The highest BCUT2D eigenvalue weighted by Crippen LogP contribution is 2.24. The van der Waals surface area contributed by atoms with Gasteiger partial charge in [0.25, 0.3) is 0 Å². The molecule has 52 valence electrons. The van der Waals surface area contributed by atoms with E-state index < -0.39 is 0 Å². The molecule has 0 unspecified atom stereocenters. The molecule has 0 aliphatic rings. The lowest BCUT2D eigenvalue weighted by atomic mass is 10.3. The molecule has 0 saturated heterocycles. The summed E-state index contributed by atoms with van der Waals surface area (Å²) in [6.07, 6.45) is 0. The smallest absolute Gasteiger partial charge is 0.0151 e. The van der Waals surface area contributed by atoms with Crippen LogP contribution in [-0.2, 0) is 0 Å². The van der Waals surface area contributed by atoms with Crippen molar-refractivity contribution in [3.8, 4) is 0 Å². The maximum Gasteiger partial charge on any atom is -0.0151 e. The summed E-state index contributed by atoms with van der Waals surface area (Å²) in [6.45, 7) is 12.2. The molecule has 0 radical (unpaired) electrons. The molecule has 0 aromatic carbocycles. The van der Waals surface area contributed by atoms with E-state index in [2.05, 4.69) is 27.4 Å². The first-order valence-corrected chi connectivity index (χ1v) is 3.83. The largest absolute Gasteiger partial charge is 0.100 e. The Morgan fingerprint density at radius 1 is 1.11 bits per heavy atom. The van der Waals surface area contributed by atoms with E-state index in [1.54, 1.807) is 11.8 Å². The maximum absolute atomic E-state index is 3.81. The zero-order chi connectivity index (χ0) is 7.44. The molecule has 0 N–H and O–H groups in total. The highest BCUT2D eigenvalue weighted by Gasteiger charge is 1.91. The van der Waals surface area contributed by atoms with Crippen LogP contribution < -0.4 is 0 Å². The van der Waals surface area contributed by atoms with Gasteiger partial charge in [0.2, 0.25) is 0 Å². The summed E-state index contributed by atoms with van der Waals surface area (Å²) in [5.41, 5.74) is 1.38. The minimum Gasteiger partial charge on any atom is -0.100 e. The van der Waals surface area contributed by atoms with E-state index in [9.17, 15) is 0 Å². The zero-order valence-corrected chi connectivity index (χ0v) is 7.43. The fourth-order valence-electron chi connectivity index (χ4n) is 0.363. The number of rotatable bonds is 2. The minimum absolute atomic E-state index is 1.16. The van der Waals surface area contributed by atoms with Crippen LogP contribution in [0.25, 0.3) is 0 Å². The van der Waals surface area contributed by atoms with Crippen molar-refractivity contribution in [1.82, 2.24) is 0 Å². The second-order valence-corrected chi connectivity index (χ2v) is 3.87. The van der Waals surface area contributed by atoms with Crippen molar-refractivity contribution in [1.29, 1.82) is 0 Å². The molecule has 0 nitrogen and oxygen atoms in total. The van der Waals surface area contributed by atoms with Crippen LogP contribution in [0.2, 0.25) is 0 Å². The Morgan fingerprint density at radius 3 is 1.67 bits per heavy atom. The fraction of sp³-hybridized carbons (Fsp3) is 0.500. The van der Waals surface area contributed by atoms with Crippen LogP contribution in [-0.4, -0.2) is 0 Å². The van der Waals surface area contributed by atoms with Gasteiger partial charge in [0.1, 0.15) is 0 Å². The lowest BCUT2D eigenvalue weighted by Crippen LogP contribution is -1.71. The van der Waals surface area contributed by atoms with Gasteiger partial charge in [0.15, 0.2) is 0 Å². The van der Waals surface area contributed by atoms with Gasteiger partial charge in [0, 0.05) is 0 Å². The van der Waals surface area contributed by atoms with Crippen LogP contribution in [0, 0.1) is 0 Å². The lowest BCUT2D eigenvalue weighted by molar-refractivity contribution is 1.34. The van der Waals surface area contributed by atoms with Gasteiger partial charge < -0.3 is 0 Å². The first-order chi connectivity index (χ1) is 4.04. The monoisotopic (exact) mass is 142 g/mol. The molecule has 0 aliphatic carbocycles. The van der Waals surface area contributed by atoms with E-state index in [1.807, 2.05) is 6.92 Å². The summed E-state index contributed by atoms with van der Waals surface area (Å²) in [7, 11) is 0. The van der Waals surface area contributed by atoms with E-state index >= 15 is 0 Å². The summed E-state index contributed by atoms with van der Waals surface area (Å²) in [5, 5.41) is 0. The highest BCUT2D eigenvalue weighted by atomic mass is 32.2. The van der Waals surface area contributed by atoms with Crippen molar-refractivity contribution in [2.24, 2.45) is 0 Å². The van der Waals surface area contributed by atoms with Gasteiger partial charge in [-0.15, -0.1) is 11.8 Å². The molecule has 0 bridgehead atoms. The molecule has 9 heavy (non-hydrogen) atoms. The Morgan fingerprint density at radius 2 is 1.56 bits per heavy atom. The fourth-order valence-corrected chi connectivity index (χ4v) is 1.09. The summed E-state index contributed by atoms with van der Waals surface area (Å²) in [6, 6.07) is 0. The minimum atomic E-state index is 1.16. The molecule has 0 atom stereocenters. The Labute approximate surface area is 62.0 Å². The van der Waals surface area contributed by atoms with Crippen LogP contribution in [0.1, 0.15) is 27.7 Å². The molecule has 0 fully saturated rings. The van der Waals surface area contributed by atoms with E-state index in [0.29, 0.717) is 0 Å².